The number of nitrogens with one attached hydrogen (secondary N) is 1. The topological polar surface area (TPSA) is 169 Å². The highest BCUT2D eigenvalue weighted by atomic mass is 31.2. The molecule has 3 unspecified atom stereocenters. The first-order chi connectivity index (χ1) is 19.1. The normalized spacial score (nSPS) is 14.7. The zero-order valence-electron chi connectivity index (χ0n) is 24.1. The maximum atomic E-state index is 11.8. The molecule has 0 radical (unpaired) electrons. The SMILES string of the molecule is CCCCC/C=C\C/C=C\CCCCCCCCCC(=O)OCC(O)COP(=O)(O)OCC(NC(C)=O)C(=O)O. The maximum absolute atomic E-state index is 11.8. The predicted molar refractivity (Wildman–Crippen MR) is 153 cm³/mol. The molecule has 40 heavy (non-hydrogen) atoms. The molecule has 0 saturated carbocycles. The summed E-state index contributed by atoms with van der Waals surface area (Å²) in [6.07, 6.45) is 22.3. The molecule has 0 aromatic rings. The zero-order valence-corrected chi connectivity index (χ0v) is 25.0. The van der Waals surface area contributed by atoms with Crippen molar-refractivity contribution < 1.29 is 47.8 Å². The van der Waals surface area contributed by atoms with E-state index in [2.05, 4.69) is 40.3 Å². The molecule has 0 bridgehead atoms. The number of aliphatic carboxylic acids is 1. The second kappa shape index (κ2) is 24.7. The lowest BCUT2D eigenvalue weighted by Crippen LogP contribution is -2.42. The molecule has 0 saturated heterocycles. The highest BCUT2D eigenvalue weighted by Gasteiger charge is 2.28. The smallest absolute Gasteiger partial charge is 0.472 e. The van der Waals surface area contributed by atoms with Crippen LogP contribution in [0.1, 0.15) is 104 Å². The van der Waals surface area contributed by atoms with Crippen LogP contribution in [0, 0.1) is 0 Å². The molecular weight excluding hydrogens is 541 g/mol. The van der Waals surface area contributed by atoms with Crippen molar-refractivity contribution in [2.75, 3.05) is 19.8 Å². The fraction of sp³-hybridized carbons (Fsp3) is 0.750. The molecule has 0 rings (SSSR count). The van der Waals surface area contributed by atoms with Crippen LogP contribution in [0.5, 0.6) is 0 Å². The Kier molecular flexibility index (Phi) is 23.5. The van der Waals surface area contributed by atoms with E-state index in [0.29, 0.717) is 6.42 Å². The number of amides is 1. The van der Waals surface area contributed by atoms with E-state index in [1.54, 1.807) is 0 Å². The quantitative estimate of drug-likeness (QED) is 0.0453. The van der Waals surface area contributed by atoms with Crippen LogP contribution in [0.2, 0.25) is 0 Å². The van der Waals surface area contributed by atoms with Crippen LogP contribution in [-0.2, 0) is 32.7 Å². The van der Waals surface area contributed by atoms with Gasteiger partial charge in [0.15, 0.2) is 6.04 Å². The Morgan fingerprint density at radius 3 is 1.95 bits per heavy atom. The van der Waals surface area contributed by atoms with E-state index >= 15 is 0 Å². The fourth-order valence-corrected chi connectivity index (χ4v) is 4.32. The number of esters is 1. The van der Waals surface area contributed by atoms with Crippen LogP contribution in [0.3, 0.4) is 0 Å². The van der Waals surface area contributed by atoms with Gasteiger partial charge in [-0.3, -0.25) is 18.6 Å². The Morgan fingerprint density at radius 1 is 0.825 bits per heavy atom. The number of hydrogen-bond acceptors (Lipinski definition) is 8. The Hall–Kier alpha value is -2.04. The van der Waals surface area contributed by atoms with E-state index in [4.69, 9.17) is 9.84 Å². The molecule has 11 nitrogen and oxygen atoms in total. The van der Waals surface area contributed by atoms with Crippen LogP contribution in [0.15, 0.2) is 24.3 Å². The number of carboxylic acid groups (broad SMARTS) is 1. The summed E-state index contributed by atoms with van der Waals surface area (Å²) in [5.74, 6) is -2.60. The van der Waals surface area contributed by atoms with Gasteiger partial charge in [-0.15, -0.1) is 0 Å². The third kappa shape index (κ3) is 25.0. The number of carbonyl (C=O) groups is 3. The first kappa shape index (κ1) is 38.0. The van der Waals surface area contributed by atoms with Gasteiger partial charge in [0, 0.05) is 13.3 Å². The summed E-state index contributed by atoms with van der Waals surface area (Å²) in [6, 6.07) is -1.54. The maximum Gasteiger partial charge on any atom is 0.472 e. The van der Waals surface area contributed by atoms with Crippen molar-refractivity contribution in [2.45, 2.75) is 116 Å². The highest BCUT2D eigenvalue weighted by Crippen LogP contribution is 2.43. The number of carboxylic acids is 1. The number of aliphatic hydroxyl groups excluding tert-OH is 1. The zero-order chi connectivity index (χ0) is 30.1. The van der Waals surface area contributed by atoms with Crippen molar-refractivity contribution in [3.05, 3.63) is 24.3 Å². The van der Waals surface area contributed by atoms with E-state index in [9.17, 15) is 28.9 Å². The molecule has 3 atom stereocenters. The van der Waals surface area contributed by atoms with E-state index in [-0.39, 0.29) is 6.42 Å². The van der Waals surface area contributed by atoms with Crippen molar-refractivity contribution in [3.8, 4) is 0 Å². The minimum absolute atomic E-state index is 0.215. The molecule has 0 aliphatic carbocycles. The average Bonchev–Trinajstić information content (AvgIpc) is 2.90. The predicted octanol–water partition coefficient (Wildman–Crippen LogP) is 5.21. The first-order valence-electron chi connectivity index (χ1n) is 14.3. The number of ether oxygens (including phenoxy) is 1. The van der Waals surface area contributed by atoms with E-state index in [1.807, 2.05) is 5.32 Å². The van der Waals surface area contributed by atoms with Crippen LogP contribution in [-0.4, -0.2) is 64.9 Å². The highest BCUT2D eigenvalue weighted by molar-refractivity contribution is 7.47. The molecule has 0 aromatic heterocycles. The number of hydrogen-bond donors (Lipinski definition) is 4. The molecule has 0 spiro atoms. The van der Waals surface area contributed by atoms with Gasteiger partial charge in [0.25, 0.3) is 0 Å². The number of carbonyl (C=O) groups excluding carboxylic acids is 2. The molecule has 0 aliphatic rings. The lowest BCUT2D eigenvalue weighted by atomic mass is 10.1. The number of unbranched alkanes of at least 4 members (excludes halogenated alkanes) is 10. The van der Waals surface area contributed by atoms with Crippen molar-refractivity contribution in [3.63, 3.8) is 0 Å². The van der Waals surface area contributed by atoms with Gasteiger partial charge in [-0.1, -0.05) is 76.2 Å². The summed E-state index contributed by atoms with van der Waals surface area (Å²) < 4.78 is 25.9. The molecule has 1 amide bonds. The lowest BCUT2D eigenvalue weighted by Gasteiger charge is -2.18. The summed E-state index contributed by atoms with van der Waals surface area (Å²) in [4.78, 5) is 43.4. The van der Waals surface area contributed by atoms with Crippen LogP contribution < -0.4 is 5.32 Å². The Balaban J connectivity index is 3.74. The van der Waals surface area contributed by atoms with Gasteiger partial charge in [0.2, 0.25) is 5.91 Å². The van der Waals surface area contributed by atoms with Gasteiger partial charge in [0.05, 0.1) is 13.2 Å². The number of rotatable bonds is 26. The van der Waals surface area contributed by atoms with Crippen molar-refractivity contribution in [2.24, 2.45) is 0 Å². The Morgan fingerprint density at radius 2 is 1.38 bits per heavy atom. The van der Waals surface area contributed by atoms with Crippen LogP contribution in [0.4, 0.5) is 0 Å². The van der Waals surface area contributed by atoms with Crippen molar-refractivity contribution in [1.29, 1.82) is 0 Å². The summed E-state index contributed by atoms with van der Waals surface area (Å²) >= 11 is 0. The lowest BCUT2D eigenvalue weighted by molar-refractivity contribution is -0.147. The number of allylic oxidation sites excluding steroid dienone is 4. The van der Waals surface area contributed by atoms with Gasteiger partial charge in [-0.2, -0.15) is 0 Å². The standard InChI is InChI=1S/C28H50NO10P/c1-3-4-5-6-7-8-9-10-11-12-13-14-15-16-17-18-19-20-27(32)37-21-25(31)22-38-40(35,36)39-23-26(28(33)34)29-24(2)30/h7-8,10-11,25-26,31H,3-6,9,12-23H2,1-2H3,(H,29,30)(H,33,34)(H,35,36)/b8-7-,11-10-. The Labute approximate surface area is 239 Å². The summed E-state index contributed by atoms with van der Waals surface area (Å²) in [5.41, 5.74) is 0. The van der Waals surface area contributed by atoms with Crippen molar-refractivity contribution >= 4 is 25.7 Å². The minimum Gasteiger partial charge on any atom is -0.480 e. The molecule has 0 aliphatic heterocycles. The number of phosphoric ester groups is 1. The summed E-state index contributed by atoms with van der Waals surface area (Å²) in [7, 11) is -4.70. The Bertz CT molecular complexity index is 802. The second-order valence-corrected chi connectivity index (χ2v) is 11.1. The van der Waals surface area contributed by atoms with Gasteiger partial charge in [-0.25, -0.2) is 9.36 Å². The van der Waals surface area contributed by atoms with Gasteiger partial charge in [0.1, 0.15) is 12.7 Å². The van der Waals surface area contributed by atoms with Crippen molar-refractivity contribution in [1.82, 2.24) is 5.32 Å². The molecule has 0 fully saturated rings. The molecule has 12 heteroatoms. The van der Waals surface area contributed by atoms with Gasteiger partial charge < -0.3 is 25.2 Å². The van der Waals surface area contributed by atoms with Gasteiger partial charge in [-0.05, 0) is 38.5 Å². The van der Waals surface area contributed by atoms with Crippen LogP contribution in [0.25, 0.3) is 0 Å². The van der Waals surface area contributed by atoms with Gasteiger partial charge >= 0.3 is 19.8 Å². The molecule has 4 N–H and O–H groups in total. The first-order valence-corrected chi connectivity index (χ1v) is 15.8. The summed E-state index contributed by atoms with van der Waals surface area (Å²) in [6.45, 7) is 1.38. The molecule has 232 valence electrons. The van der Waals surface area contributed by atoms with E-state index in [0.717, 1.165) is 39.0 Å². The minimum atomic E-state index is -4.70. The van der Waals surface area contributed by atoms with E-state index in [1.165, 1.54) is 44.9 Å². The van der Waals surface area contributed by atoms with Crippen LogP contribution >= 0.6 is 7.82 Å². The summed E-state index contributed by atoms with van der Waals surface area (Å²) in [5, 5.41) is 20.8. The second-order valence-electron chi connectivity index (χ2n) is 9.68. The number of aliphatic hydroxyl groups is 1. The third-order valence-electron chi connectivity index (χ3n) is 5.78. The fourth-order valence-electron chi connectivity index (χ4n) is 3.55. The van der Waals surface area contributed by atoms with E-state index < -0.39 is 57.6 Å². The average molecular weight is 592 g/mol. The molecule has 0 heterocycles. The molecular formula is C28H50NO10P. The molecule has 0 aromatic carbocycles. The number of phosphoric acid groups is 1. The largest absolute Gasteiger partial charge is 0.480 e. The monoisotopic (exact) mass is 591 g/mol. The third-order valence-corrected chi connectivity index (χ3v) is 6.73.